The number of amides is 1. The molecular weight excluding hydrogens is 407 g/mol. The molecular formula is C21H27FN4O3S. The molecule has 9 heteroatoms. The fraction of sp³-hybridized carbons (Fsp3) is 0.381. The second-order valence-electron chi connectivity index (χ2n) is 7.44. The lowest BCUT2D eigenvalue weighted by Crippen LogP contribution is -2.29. The summed E-state index contributed by atoms with van der Waals surface area (Å²) in [4.78, 5) is 13.6. The van der Waals surface area contributed by atoms with Crippen LogP contribution in [0.15, 0.2) is 42.5 Å². The first-order valence-corrected chi connectivity index (χ1v) is 11.6. The van der Waals surface area contributed by atoms with E-state index in [1.165, 1.54) is 0 Å². The first kappa shape index (κ1) is 22.0. The highest BCUT2D eigenvalue weighted by Gasteiger charge is 2.24. The zero-order valence-electron chi connectivity index (χ0n) is 16.9. The van der Waals surface area contributed by atoms with Crippen LogP contribution in [0.25, 0.3) is 0 Å². The standard InChI is InChI=1S/C21H27FN4O3S/c1-2-11-30(28,29)25-19-8-7-17(20(13-19)26-10-9-18(22)14-26)12-15-3-5-16(6-4-15)21(27)24-23/h3-8,13,18,25H,2,9-12,14,23H2,1H3,(H,24,27)/t18-/m0/s1. The molecule has 1 fully saturated rings. The Morgan fingerprint density at radius 1 is 1.23 bits per heavy atom. The Balaban J connectivity index is 1.88. The summed E-state index contributed by atoms with van der Waals surface area (Å²) in [6.45, 7) is 2.67. The summed E-state index contributed by atoms with van der Waals surface area (Å²) in [6.07, 6.45) is 0.643. The number of carbonyl (C=O) groups is 1. The number of rotatable bonds is 8. The number of hydrogen-bond donors (Lipinski definition) is 3. The minimum Gasteiger partial charge on any atom is -0.368 e. The third-order valence-electron chi connectivity index (χ3n) is 5.04. The Bertz CT molecular complexity index is 996. The first-order chi connectivity index (χ1) is 14.3. The Hall–Kier alpha value is -2.65. The van der Waals surface area contributed by atoms with Crippen molar-refractivity contribution in [3.05, 3.63) is 59.2 Å². The monoisotopic (exact) mass is 434 g/mol. The highest BCUT2D eigenvalue weighted by atomic mass is 32.2. The largest absolute Gasteiger partial charge is 0.368 e. The molecule has 0 unspecified atom stereocenters. The summed E-state index contributed by atoms with van der Waals surface area (Å²) in [6, 6.07) is 12.4. The summed E-state index contributed by atoms with van der Waals surface area (Å²) in [5, 5.41) is 0. The van der Waals surface area contributed by atoms with Crippen molar-refractivity contribution in [3.8, 4) is 0 Å². The van der Waals surface area contributed by atoms with Crippen LogP contribution in [0, 0.1) is 0 Å². The average Bonchev–Trinajstić information content (AvgIpc) is 3.15. The van der Waals surface area contributed by atoms with Gasteiger partial charge in [0, 0.05) is 24.3 Å². The molecule has 4 N–H and O–H groups in total. The van der Waals surface area contributed by atoms with Crippen LogP contribution in [0.2, 0.25) is 0 Å². The summed E-state index contributed by atoms with van der Waals surface area (Å²) < 4.78 is 40.7. The van der Waals surface area contributed by atoms with E-state index >= 15 is 0 Å². The lowest BCUT2D eigenvalue weighted by Gasteiger charge is -2.23. The molecule has 0 bridgehead atoms. The van der Waals surface area contributed by atoms with Crippen molar-refractivity contribution in [3.63, 3.8) is 0 Å². The number of nitrogens with zero attached hydrogens (tertiary/aromatic N) is 1. The predicted octanol–water partition coefficient (Wildman–Crippen LogP) is 2.58. The number of nitrogens with two attached hydrogens (primary N) is 1. The molecule has 0 aliphatic carbocycles. The minimum atomic E-state index is -3.41. The van der Waals surface area contributed by atoms with Gasteiger partial charge in [0.1, 0.15) is 6.17 Å². The third kappa shape index (κ3) is 5.48. The number of hydrazine groups is 1. The highest BCUT2D eigenvalue weighted by Crippen LogP contribution is 2.31. The molecule has 1 atom stereocenters. The van der Waals surface area contributed by atoms with Crippen molar-refractivity contribution in [2.75, 3.05) is 28.5 Å². The number of benzene rings is 2. The number of carbonyl (C=O) groups excluding carboxylic acids is 1. The van der Waals surface area contributed by atoms with Crippen molar-refractivity contribution in [2.24, 2.45) is 5.84 Å². The molecule has 1 aliphatic heterocycles. The molecule has 30 heavy (non-hydrogen) atoms. The molecule has 0 radical (unpaired) electrons. The number of halogens is 1. The van der Waals surface area contributed by atoms with E-state index in [0.717, 1.165) is 16.8 Å². The van der Waals surface area contributed by atoms with Crippen LogP contribution < -0.4 is 20.9 Å². The van der Waals surface area contributed by atoms with Crippen LogP contribution in [-0.2, 0) is 16.4 Å². The maximum atomic E-state index is 13.8. The van der Waals surface area contributed by atoms with E-state index in [1.807, 2.05) is 30.0 Å². The van der Waals surface area contributed by atoms with Crippen molar-refractivity contribution >= 4 is 27.3 Å². The van der Waals surface area contributed by atoms with Gasteiger partial charge in [0.25, 0.3) is 5.91 Å². The summed E-state index contributed by atoms with van der Waals surface area (Å²) in [5.41, 5.74) is 5.77. The van der Waals surface area contributed by atoms with Crippen LogP contribution in [0.4, 0.5) is 15.8 Å². The van der Waals surface area contributed by atoms with Gasteiger partial charge < -0.3 is 4.90 Å². The van der Waals surface area contributed by atoms with E-state index in [1.54, 1.807) is 24.3 Å². The Morgan fingerprint density at radius 2 is 1.97 bits per heavy atom. The van der Waals surface area contributed by atoms with Gasteiger partial charge in [0.05, 0.1) is 11.4 Å². The molecule has 3 rings (SSSR count). The quantitative estimate of drug-likeness (QED) is 0.337. The third-order valence-corrected chi connectivity index (χ3v) is 6.54. The molecule has 0 spiro atoms. The second-order valence-corrected chi connectivity index (χ2v) is 9.29. The highest BCUT2D eigenvalue weighted by molar-refractivity contribution is 7.92. The van der Waals surface area contributed by atoms with E-state index < -0.39 is 16.2 Å². The van der Waals surface area contributed by atoms with Gasteiger partial charge in [-0.05, 0) is 54.7 Å². The van der Waals surface area contributed by atoms with Gasteiger partial charge in [-0.3, -0.25) is 14.9 Å². The normalized spacial score (nSPS) is 16.5. The van der Waals surface area contributed by atoms with Crippen LogP contribution in [0.5, 0.6) is 0 Å². The number of anilines is 2. The van der Waals surface area contributed by atoms with Gasteiger partial charge >= 0.3 is 0 Å². The van der Waals surface area contributed by atoms with Crippen LogP contribution >= 0.6 is 0 Å². The molecule has 1 saturated heterocycles. The SMILES string of the molecule is CCCS(=O)(=O)Nc1ccc(Cc2ccc(C(=O)NN)cc2)c(N2CC[C@H](F)C2)c1. The van der Waals surface area contributed by atoms with Gasteiger partial charge in [-0.1, -0.05) is 25.1 Å². The predicted molar refractivity (Wildman–Crippen MR) is 117 cm³/mol. The van der Waals surface area contributed by atoms with Crippen LogP contribution in [0.3, 0.4) is 0 Å². The number of sulfonamides is 1. The summed E-state index contributed by atoms with van der Waals surface area (Å²) in [5.74, 6) is 4.84. The van der Waals surface area contributed by atoms with Gasteiger partial charge in [0.2, 0.25) is 10.0 Å². The Morgan fingerprint density at radius 3 is 2.57 bits per heavy atom. The van der Waals surface area contributed by atoms with E-state index in [4.69, 9.17) is 5.84 Å². The summed E-state index contributed by atoms with van der Waals surface area (Å²) in [7, 11) is -3.41. The fourth-order valence-electron chi connectivity index (χ4n) is 3.58. The van der Waals surface area contributed by atoms with Gasteiger partial charge in [0.15, 0.2) is 0 Å². The van der Waals surface area contributed by atoms with Crippen molar-refractivity contribution < 1.29 is 17.6 Å². The van der Waals surface area contributed by atoms with Crippen molar-refractivity contribution in [1.82, 2.24) is 5.43 Å². The molecule has 2 aromatic rings. The fourth-order valence-corrected chi connectivity index (χ4v) is 4.71. The molecule has 1 aliphatic rings. The second kappa shape index (κ2) is 9.44. The lowest BCUT2D eigenvalue weighted by atomic mass is 10.0. The van der Waals surface area contributed by atoms with Gasteiger partial charge in [-0.2, -0.15) is 0 Å². The smallest absolute Gasteiger partial charge is 0.265 e. The number of hydrogen-bond acceptors (Lipinski definition) is 5. The molecule has 2 aromatic carbocycles. The average molecular weight is 435 g/mol. The topological polar surface area (TPSA) is 105 Å². The van der Waals surface area contributed by atoms with Gasteiger partial charge in [-0.25, -0.2) is 18.7 Å². The Labute approximate surface area is 176 Å². The zero-order valence-corrected chi connectivity index (χ0v) is 17.7. The van der Waals surface area contributed by atoms with Crippen LogP contribution in [-0.4, -0.2) is 39.3 Å². The molecule has 0 aromatic heterocycles. The number of alkyl halides is 1. The van der Waals surface area contributed by atoms with Crippen LogP contribution in [0.1, 0.15) is 41.3 Å². The molecule has 7 nitrogen and oxygen atoms in total. The van der Waals surface area contributed by atoms with Crippen molar-refractivity contribution in [2.45, 2.75) is 32.4 Å². The van der Waals surface area contributed by atoms with Gasteiger partial charge in [-0.15, -0.1) is 0 Å². The summed E-state index contributed by atoms with van der Waals surface area (Å²) >= 11 is 0. The maximum Gasteiger partial charge on any atom is 0.265 e. The molecule has 0 saturated carbocycles. The molecule has 1 amide bonds. The molecule has 1 heterocycles. The van der Waals surface area contributed by atoms with E-state index in [-0.39, 0.29) is 18.2 Å². The first-order valence-electron chi connectivity index (χ1n) is 9.93. The van der Waals surface area contributed by atoms with Crippen molar-refractivity contribution in [1.29, 1.82) is 0 Å². The minimum absolute atomic E-state index is 0.0447. The maximum absolute atomic E-state index is 13.8. The van der Waals surface area contributed by atoms with E-state index in [9.17, 15) is 17.6 Å². The number of nitrogens with one attached hydrogen (secondary N) is 2. The zero-order chi connectivity index (χ0) is 21.7. The Kier molecular flexibility index (Phi) is 6.94. The van der Waals surface area contributed by atoms with E-state index in [2.05, 4.69) is 10.1 Å². The van der Waals surface area contributed by atoms with E-state index in [0.29, 0.717) is 37.1 Å². The number of nitrogen functional groups attached to an aromatic ring is 1. The molecule has 162 valence electrons. The lowest BCUT2D eigenvalue weighted by molar-refractivity contribution is 0.0953.